The van der Waals surface area contributed by atoms with E-state index < -0.39 is 23.2 Å². The summed E-state index contributed by atoms with van der Waals surface area (Å²) in [5.74, 6) is -3.00. The molecule has 0 aromatic heterocycles. The molecular weight excluding hydrogens is 269 g/mol. The van der Waals surface area contributed by atoms with Crippen LogP contribution in [0.25, 0.3) is 0 Å². The van der Waals surface area contributed by atoms with Crippen molar-refractivity contribution in [3.63, 3.8) is 0 Å². The van der Waals surface area contributed by atoms with E-state index in [-0.39, 0.29) is 17.7 Å². The van der Waals surface area contributed by atoms with Crippen molar-refractivity contribution in [2.45, 2.75) is 6.42 Å². The topological polar surface area (TPSA) is 26.3 Å². The van der Waals surface area contributed by atoms with E-state index in [0.717, 1.165) is 18.2 Å². The van der Waals surface area contributed by atoms with Crippen molar-refractivity contribution >= 4 is 5.78 Å². The Morgan fingerprint density at radius 1 is 1.00 bits per heavy atom. The number of carbonyl (C=O) groups is 1. The van der Waals surface area contributed by atoms with E-state index in [4.69, 9.17) is 4.74 Å². The first-order chi connectivity index (χ1) is 9.51. The van der Waals surface area contributed by atoms with Crippen molar-refractivity contribution in [3.8, 4) is 5.75 Å². The van der Waals surface area contributed by atoms with E-state index in [1.54, 1.807) is 0 Å². The van der Waals surface area contributed by atoms with Crippen molar-refractivity contribution in [1.29, 1.82) is 0 Å². The first kappa shape index (κ1) is 14.1. The third-order valence-corrected chi connectivity index (χ3v) is 2.82. The molecule has 2 aromatic carbocycles. The smallest absolute Gasteiger partial charge is 0.167 e. The Balaban J connectivity index is 2.19. The minimum Gasteiger partial charge on any atom is -0.494 e. The van der Waals surface area contributed by atoms with Crippen LogP contribution < -0.4 is 4.74 Å². The minimum absolute atomic E-state index is 0.0365. The zero-order valence-corrected chi connectivity index (χ0v) is 10.6. The molecule has 0 bridgehead atoms. The predicted molar refractivity (Wildman–Crippen MR) is 67.3 cm³/mol. The lowest BCUT2D eigenvalue weighted by Crippen LogP contribution is -2.05. The lowest BCUT2D eigenvalue weighted by molar-refractivity contribution is 0.0992. The standard InChI is InChI=1S/C15H11F3O2/c1-20-15-5-3-10(8-13(15)18)14(19)7-9-2-4-11(16)12(17)6-9/h2-6,8H,7H2,1H3. The zero-order chi connectivity index (χ0) is 14.7. The molecule has 0 radical (unpaired) electrons. The van der Waals surface area contributed by atoms with Gasteiger partial charge in [0.15, 0.2) is 29.0 Å². The molecule has 0 spiro atoms. The number of ketones is 1. The van der Waals surface area contributed by atoms with Gasteiger partial charge in [0.05, 0.1) is 7.11 Å². The maximum atomic E-state index is 13.5. The van der Waals surface area contributed by atoms with Crippen molar-refractivity contribution in [3.05, 3.63) is 65.0 Å². The summed E-state index contributed by atoms with van der Waals surface area (Å²) in [7, 11) is 1.32. The molecule has 0 heterocycles. The molecule has 0 saturated carbocycles. The molecule has 0 atom stereocenters. The fraction of sp³-hybridized carbons (Fsp3) is 0.133. The fourth-order valence-electron chi connectivity index (χ4n) is 1.78. The summed E-state index contributed by atoms with van der Waals surface area (Å²) in [4.78, 5) is 11.9. The highest BCUT2D eigenvalue weighted by Crippen LogP contribution is 2.19. The van der Waals surface area contributed by atoms with Gasteiger partial charge >= 0.3 is 0 Å². The average molecular weight is 280 g/mol. The van der Waals surface area contributed by atoms with Crippen molar-refractivity contribution in [1.82, 2.24) is 0 Å². The maximum absolute atomic E-state index is 13.5. The molecule has 20 heavy (non-hydrogen) atoms. The van der Waals surface area contributed by atoms with E-state index >= 15 is 0 Å². The van der Waals surface area contributed by atoms with Gasteiger partial charge < -0.3 is 4.74 Å². The SMILES string of the molecule is COc1ccc(C(=O)Cc2ccc(F)c(F)c2)cc1F. The molecule has 0 aliphatic heterocycles. The molecule has 0 amide bonds. The Kier molecular flexibility index (Phi) is 4.08. The van der Waals surface area contributed by atoms with E-state index in [0.29, 0.717) is 5.56 Å². The van der Waals surface area contributed by atoms with Crippen LogP contribution in [0.1, 0.15) is 15.9 Å². The van der Waals surface area contributed by atoms with E-state index in [2.05, 4.69) is 0 Å². The van der Waals surface area contributed by atoms with Gasteiger partial charge in [-0.05, 0) is 35.9 Å². The molecule has 0 aliphatic carbocycles. The Morgan fingerprint density at radius 3 is 2.35 bits per heavy atom. The van der Waals surface area contributed by atoms with Gasteiger partial charge in [-0.25, -0.2) is 13.2 Å². The summed E-state index contributed by atoms with van der Waals surface area (Å²) >= 11 is 0. The van der Waals surface area contributed by atoms with Gasteiger partial charge in [-0.1, -0.05) is 6.07 Å². The summed E-state index contributed by atoms with van der Waals surface area (Å²) in [6.07, 6.45) is -0.136. The summed E-state index contributed by atoms with van der Waals surface area (Å²) < 4.78 is 44.0. The van der Waals surface area contributed by atoms with Crippen LogP contribution in [0, 0.1) is 17.5 Å². The van der Waals surface area contributed by atoms with Crippen LogP contribution in [-0.4, -0.2) is 12.9 Å². The zero-order valence-electron chi connectivity index (χ0n) is 10.6. The molecular formula is C15H11F3O2. The van der Waals surface area contributed by atoms with Crippen molar-refractivity contribution < 1.29 is 22.7 Å². The normalized spacial score (nSPS) is 10.4. The summed E-state index contributed by atoms with van der Waals surface area (Å²) in [5, 5.41) is 0. The molecule has 0 unspecified atom stereocenters. The highest BCUT2D eigenvalue weighted by molar-refractivity contribution is 5.97. The van der Waals surface area contributed by atoms with Gasteiger partial charge in [0.2, 0.25) is 0 Å². The monoisotopic (exact) mass is 280 g/mol. The van der Waals surface area contributed by atoms with Crippen LogP contribution in [0.4, 0.5) is 13.2 Å². The van der Waals surface area contributed by atoms with Gasteiger partial charge in [-0.3, -0.25) is 4.79 Å². The average Bonchev–Trinajstić information content (AvgIpc) is 2.42. The molecule has 0 N–H and O–H groups in total. The molecule has 0 saturated heterocycles. The number of hydrogen-bond donors (Lipinski definition) is 0. The van der Waals surface area contributed by atoms with Crippen LogP contribution in [-0.2, 0) is 6.42 Å². The quantitative estimate of drug-likeness (QED) is 0.801. The summed E-state index contributed by atoms with van der Waals surface area (Å²) in [5.41, 5.74) is 0.471. The largest absolute Gasteiger partial charge is 0.494 e. The van der Waals surface area contributed by atoms with Gasteiger partial charge in [0.25, 0.3) is 0 Å². The number of benzene rings is 2. The number of methoxy groups -OCH3 is 1. The lowest BCUT2D eigenvalue weighted by Gasteiger charge is -2.05. The highest BCUT2D eigenvalue weighted by atomic mass is 19.2. The van der Waals surface area contributed by atoms with Crippen LogP contribution in [0.15, 0.2) is 36.4 Å². The first-order valence-electron chi connectivity index (χ1n) is 5.82. The Labute approximate surface area is 113 Å². The molecule has 0 fully saturated rings. The van der Waals surface area contributed by atoms with Gasteiger partial charge in [-0.15, -0.1) is 0 Å². The second-order valence-electron chi connectivity index (χ2n) is 4.20. The summed E-state index contributed by atoms with van der Waals surface area (Å²) in [6.45, 7) is 0. The van der Waals surface area contributed by atoms with Crippen LogP contribution in [0.2, 0.25) is 0 Å². The Morgan fingerprint density at radius 2 is 1.75 bits per heavy atom. The fourth-order valence-corrected chi connectivity index (χ4v) is 1.78. The molecule has 104 valence electrons. The van der Waals surface area contributed by atoms with Crippen molar-refractivity contribution in [2.75, 3.05) is 7.11 Å². The minimum atomic E-state index is -1.02. The molecule has 5 heteroatoms. The van der Waals surface area contributed by atoms with Gasteiger partial charge in [-0.2, -0.15) is 0 Å². The number of halogens is 3. The Hall–Kier alpha value is -2.30. The predicted octanol–water partition coefficient (Wildman–Crippen LogP) is 3.54. The molecule has 0 aliphatic rings. The molecule has 2 rings (SSSR count). The first-order valence-corrected chi connectivity index (χ1v) is 5.82. The van der Waals surface area contributed by atoms with E-state index in [1.165, 1.54) is 25.3 Å². The maximum Gasteiger partial charge on any atom is 0.167 e. The van der Waals surface area contributed by atoms with Crippen LogP contribution in [0.3, 0.4) is 0 Å². The van der Waals surface area contributed by atoms with Gasteiger partial charge in [0.1, 0.15) is 0 Å². The Bertz CT molecular complexity index is 654. The molecule has 2 aromatic rings. The number of ether oxygens (including phenoxy) is 1. The van der Waals surface area contributed by atoms with Crippen LogP contribution >= 0.6 is 0 Å². The van der Waals surface area contributed by atoms with E-state index in [9.17, 15) is 18.0 Å². The number of hydrogen-bond acceptors (Lipinski definition) is 2. The van der Waals surface area contributed by atoms with E-state index in [1.807, 2.05) is 0 Å². The second-order valence-corrected chi connectivity index (χ2v) is 4.20. The highest BCUT2D eigenvalue weighted by Gasteiger charge is 2.12. The second kappa shape index (κ2) is 5.77. The summed E-state index contributed by atoms with van der Waals surface area (Å²) in [6, 6.07) is 7.04. The number of Topliss-reactive ketones (excluding diaryl/α,β-unsaturated/α-hetero) is 1. The third-order valence-electron chi connectivity index (χ3n) is 2.82. The number of carbonyl (C=O) groups excluding carboxylic acids is 1. The number of rotatable bonds is 4. The van der Waals surface area contributed by atoms with Gasteiger partial charge in [0, 0.05) is 12.0 Å². The van der Waals surface area contributed by atoms with Crippen LogP contribution in [0.5, 0.6) is 5.75 Å². The third kappa shape index (κ3) is 2.99. The lowest BCUT2D eigenvalue weighted by atomic mass is 10.0. The van der Waals surface area contributed by atoms with Crippen molar-refractivity contribution in [2.24, 2.45) is 0 Å². The molecule has 2 nitrogen and oxygen atoms in total.